The van der Waals surface area contributed by atoms with E-state index in [0.717, 1.165) is 6.42 Å². The standard InChI is InChI=1S/C13H15ClN2O3/c1-8-4-10(6-11(14)15-8)13(19)16-3-2-9(7-16)5-12(17)18/h4,6,9H,2-3,5,7H2,1H3,(H,17,18). The molecule has 1 aromatic rings. The molecule has 19 heavy (non-hydrogen) atoms. The van der Waals surface area contributed by atoms with Gasteiger partial charge in [-0.2, -0.15) is 0 Å². The Hall–Kier alpha value is -1.62. The predicted octanol–water partition coefficient (Wildman–Crippen LogP) is 1.98. The first-order valence-electron chi connectivity index (χ1n) is 6.11. The third-order valence-corrected chi connectivity index (χ3v) is 3.40. The van der Waals surface area contributed by atoms with E-state index in [2.05, 4.69) is 4.98 Å². The van der Waals surface area contributed by atoms with E-state index in [1.165, 1.54) is 0 Å². The highest BCUT2D eigenvalue weighted by Gasteiger charge is 2.28. The van der Waals surface area contributed by atoms with Gasteiger partial charge in [-0.25, -0.2) is 4.98 Å². The van der Waals surface area contributed by atoms with Crippen LogP contribution in [0.4, 0.5) is 0 Å². The maximum atomic E-state index is 12.3. The zero-order valence-corrected chi connectivity index (χ0v) is 11.4. The number of rotatable bonds is 3. The van der Waals surface area contributed by atoms with Crippen molar-refractivity contribution in [3.63, 3.8) is 0 Å². The van der Waals surface area contributed by atoms with E-state index in [0.29, 0.717) is 29.5 Å². The molecule has 6 heteroatoms. The SMILES string of the molecule is Cc1cc(C(=O)N2CCC(CC(=O)O)C2)cc(Cl)n1. The molecular formula is C13H15ClN2O3. The first-order chi connectivity index (χ1) is 8.95. The van der Waals surface area contributed by atoms with Gasteiger partial charge >= 0.3 is 5.97 Å². The Labute approximate surface area is 116 Å². The van der Waals surface area contributed by atoms with Crippen LogP contribution < -0.4 is 0 Å². The van der Waals surface area contributed by atoms with Crippen molar-refractivity contribution in [3.05, 3.63) is 28.5 Å². The minimum absolute atomic E-state index is 0.0415. The zero-order chi connectivity index (χ0) is 14.0. The van der Waals surface area contributed by atoms with Gasteiger partial charge in [0.25, 0.3) is 5.91 Å². The molecule has 1 amide bonds. The van der Waals surface area contributed by atoms with Crippen molar-refractivity contribution >= 4 is 23.5 Å². The number of amides is 1. The van der Waals surface area contributed by atoms with Crippen LogP contribution in [0.15, 0.2) is 12.1 Å². The number of hydrogen-bond donors (Lipinski definition) is 1. The van der Waals surface area contributed by atoms with Crippen LogP contribution in [0.5, 0.6) is 0 Å². The fraction of sp³-hybridized carbons (Fsp3) is 0.462. The first-order valence-corrected chi connectivity index (χ1v) is 6.49. The number of carboxylic acids is 1. The summed E-state index contributed by atoms with van der Waals surface area (Å²) in [5.74, 6) is -0.887. The van der Waals surface area contributed by atoms with E-state index < -0.39 is 5.97 Å². The summed E-state index contributed by atoms with van der Waals surface area (Å²) >= 11 is 5.84. The average Bonchev–Trinajstić information content (AvgIpc) is 2.74. The van der Waals surface area contributed by atoms with Crippen molar-refractivity contribution in [1.82, 2.24) is 9.88 Å². The largest absolute Gasteiger partial charge is 0.481 e. The molecule has 0 saturated carbocycles. The van der Waals surface area contributed by atoms with Crippen molar-refractivity contribution < 1.29 is 14.7 Å². The van der Waals surface area contributed by atoms with E-state index in [1.807, 2.05) is 0 Å². The van der Waals surface area contributed by atoms with Gasteiger partial charge in [0.05, 0.1) is 0 Å². The number of carboxylic acid groups (broad SMARTS) is 1. The Kier molecular flexibility index (Phi) is 4.04. The molecule has 102 valence electrons. The lowest BCUT2D eigenvalue weighted by molar-refractivity contribution is -0.138. The van der Waals surface area contributed by atoms with Gasteiger partial charge in [0.15, 0.2) is 0 Å². The molecule has 1 N–H and O–H groups in total. The Morgan fingerprint density at radius 1 is 1.53 bits per heavy atom. The Bertz CT molecular complexity index is 498. The van der Waals surface area contributed by atoms with Crippen LogP contribution in [0, 0.1) is 12.8 Å². The summed E-state index contributed by atoms with van der Waals surface area (Å²) in [6.07, 6.45) is 0.843. The maximum absolute atomic E-state index is 12.3. The van der Waals surface area contributed by atoms with Gasteiger partial charge in [-0.1, -0.05) is 11.6 Å². The van der Waals surface area contributed by atoms with Gasteiger partial charge in [-0.3, -0.25) is 9.59 Å². The second kappa shape index (κ2) is 5.57. The fourth-order valence-corrected chi connectivity index (χ4v) is 2.62. The van der Waals surface area contributed by atoms with Crippen molar-refractivity contribution in [3.8, 4) is 0 Å². The lowest BCUT2D eigenvalue weighted by atomic mass is 10.1. The second-order valence-electron chi connectivity index (χ2n) is 4.82. The lowest BCUT2D eigenvalue weighted by Crippen LogP contribution is -2.29. The van der Waals surface area contributed by atoms with Crippen LogP contribution in [0.3, 0.4) is 0 Å². The molecule has 1 aliphatic heterocycles. The molecule has 0 aliphatic carbocycles. The van der Waals surface area contributed by atoms with E-state index in [-0.39, 0.29) is 18.2 Å². The number of likely N-dealkylation sites (tertiary alicyclic amines) is 1. The molecule has 0 bridgehead atoms. The van der Waals surface area contributed by atoms with E-state index in [4.69, 9.17) is 16.7 Å². The van der Waals surface area contributed by atoms with Gasteiger partial charge < -0.3 is 10.0 Å². The van der Waals surface area contributed by atoms with Crippen LogP contribution in [0.1, 0.15) is 28.9 Å². The van der Waals surface area contributed by atoms with Crippen molar-refractivity contribution in [2.75, 3.05) is 13.1 Å². The topological polar surface area (TPSA) is 70.5 Å². The summed E-state index contributed by atoms with van der Waals surface area (Å²) in [5.41, 5.74) is 1.20. The number of hydrogen-bond acceptors (Lipinski definition) is 3. The van der Waals surface area contributed by atoms with Crippen LogP contribution in [-0.4, -0.2) is 40.0 Å². The third-order valence-electron chi connectivity index (χ3n) is 3.21. The summed E-state index contributed by atoms with van der Waals surface area (Å²) in [7, 11) is 0. The molecule has 0 aromatic carbocycles. The second-order valence-corrected chi connectivity index (χ2v) is 5.21. The van der Waals surface area contributed by atoms with Gasteiger partial charge in [-0.05, 0) is 31.4 Å². The van der Waals surface area contributed by atoms with Crippen molar-refractivity contribution in [1.29, 1.82) is 0 Å². The molecule has 1 aliphatic rings. The van der Waals surface area contributed by atoms with Gasteiger partial charge in [0.2, 0.25) is 0 Å². The summed E-state index contributed by atoms with van der Waals surface area (Å²) in [6.45, 7) is 2.86. The number of carbonyl (C=O) groups excluding carboxylic acids is 1. The van der Waals surface area contributed by atoms with Crippen LogP contribution in [0.2, 0.25) is 5.15 Å². The molecular weight excluding hydrogens is 268 g/mol. The van der Waals surface area contributed by atoms with Gasteiger partial charge in [-0.15, -0.1) is 0 Å². The van der Waals surface area contributed by atoms with Gasteiger partial charge in [0, 0.05) is 30.8 Å². The van der Waals surface area contributed by atoms with Crippen LogP contribution >= 0.6 is 11.6 Å². The Morgan fingerprint density at radius 2 is 2.26 bits per heavy atom. The highest BCUT2D eigenvalue weighted by atomic mass is 35.5. The summed E-state index contributed by atoms with van der Waals surface area (Å²) in [6, 6.07) is 3.24. The monoisotopic (exact) mass is 282 g/mol. The lowest BCUT2D eigenvalue weighted by Gasteiger charge is -2.16. The van der Waals surface area contributed by atoms with E-state index in [1.54, 1.807) is 24.0 Å². The van der Waals surface area contributed by atoms with Crippen molar-refractivity contribution in [2.45, 2.75) is 19.8 Å². The van der Waals surface area contributed by atoms with Crippen molar-refractivity contribution in [2.24, 2.45) is 5.92 Å². The van der Waals surface area contributed by atoms with Gasteiger partial charge in [0.1, 0.15) is 5.15 Å². The Morgan fingerprint density at radius 3 is 2.89 bits per heavy atom. The molecule has 2 heterocycles. The summed E-state index contributed by atoms with van der Waals surface area (Å²) in [4.78, 5) is 28.6. The minimum Gasteiger partial charge on any atom is -0.481 e. The summed E-state index contributed by atoms with van der Waals surface area (Å²) in [5, 5.41) is 9.06. The maximum Gasteiger partial charge on any atom is 0.303 e. The number of carbonyl (C=O) groups is 2. The van der Waals surface area contributed by atoms with E-state index >= 15 is 0 Å². The quantitative estimate of drug-likeness (QED) is 0.861. The smallest absolute Gasteiger partial charge is 0.303 e. The number of aryl methyl sites for hydroxylation is 1. The average molecular weight is 283 g/mol. The predicted molar refractivity (Wildman–Crippen MR) is 70.2 cm³/mol. The third kappa shape index (κ3) is 3.44. The summed E-state index contributed by atoms with van der Waals surface area (Å²) < 4.78 is 0. The van der Waals surface area contributed by atoms with Crippen LogP contribution in [-0.2, 0) is 4.79 Å². The van der Waals surface area contributed by atoms with E-state index in [9.17, 15) is 9.59 Å². The highest BCUT2D eigenvalue weighted by Crippen LogP contribution is 2.22. The number of halogens is 1. The molecule has 5 nitrogen and oxygen atoms in total. The van der Waals surface area contributed by atoms with Crippen LogP contribution in [0.25, 0.3) is 0 Å². The number of pyridine rings is 1. The molecule has 1 unspecified atom stereocenters. The number of nitrogens with zero attached hydrogens (tertiary/aromatic N) is 2. The molecule has 1 fully saturated rings. The molecule has 0 radical (unpaired) electrons. The molecule has 1 aromatic heterocycles. The first kappa shape index (κ1) is 13.8. The molecule has 0 spiro atoms. The number of aromatic nitrogens is 1. The minimum atomic E-state index is -0.818. The molecule has 1 saturated heterocycles. The highest BCUT2D eigenvalue weighted by molar-refractivity contribution is 6.29. The Balaban J connectivity index is 2.06. The zero-order valence-electron chi connectivity index (χ0n) is 10.6. The molecule has 1 atom stereocenters. The number of aliphatic carboxylic acids is 1. The fourth-order valence-electron chi connectivity index (χ4n) is 2.36. The molecule has 2 rings (SSSR count). The normalized spacial score (nSPS) is 18.6.